The molecule has 0 aromatic heterocycles. The van der Waals surface area contributed by atoms with E-state index in [1.807, 2.05) is 50.2 Å². The van der Waals surface area contributed by atoms with Crippen LogP contribution in [0.1, 0.15) is 25.0 Å². The zero-order valence-electron chi connectivity index (χ0n) is 13.4. The molecule has 1 unspecified atom stereocenters. The highest BCUT2D eigenvalue weighted by molar-refractivity contribution is 5.78. The fraction of sp³-hybridized carbons (Fsp3) is 0.263. The van der Waals surface area contributed by atoms with Crippen LogP contribution in [0.2, 0.25) is 0 Å². The van der Waals surface area contributed by atoms with Crippen molar-refractivity contribution >= 4 is 11.3 Å². The van der Waals surface area contributed by atoms with E-state index in [0.717, 1.165) is 28.1 Å². The summed E-state index contributed by atoms with van der Waals surface area (Å²) >= 11 is 0. The van der Waals surface area contributed by atoms with Crippen LogP contribution < -0.4 is 10.1 Å². The Morgan fingerprint density at radius 1 is 1.05 bits per heavy atom. The standard InChI is InChI=1S/C19H23NO2/c1-5-22-15(3)20-18-10-6-16(7-11-18)14(2)17-8-12-19(21-4)13-9-17/h6-13,15,20H,2,5H2,1,3-4H3. The minimum atomic E-state index is 0.000592. The summed E-state index contributed by atoms with van der Waals surface area (Å²) in [6.07, 6.45) is 0.000592. The molecule has 2 aromatic rings. The van der Waals surface area contributed by atoms with Gasteiger partial charge < -0.3 is 14.8 Å². The molecule has 2 aromatic carbocycles. The van der Waals surface area contributed by atoms with Gasteiger partial charge in [0.2, 0.25) is 0 Å². The Hall–Kier alpha value is -2.26. The normalized spacial score (nSPS) is 11.8. The van der Waals surface area contributed by atoms with Gasteiger partial charge in [-0.05, 0) is 54.8 Å². The number of hydrogen-bond acceptors (Lipinski definition) is 3. The zero-order chi connectivity index (χ0) is 15.9. The van der Waals surface area contributed by atoms with Crippen LogP contribution >= 0.6 is 0 Å². The number of rotatable bonds is 7. The van der Waals surface area contributed by atoms with Crippen molar-refractivity contribution in [2.24, 2.45) is 0 Å². The molecule has 0 radical (unpaired) electrons. The first-order valence-corrected chi connectivity index (χ1v) is 7.46. The molecular formula is C19H23NO2. The summed E-state index contributed by atoms with van der Waals surface area (Å²) in [5.41, 5.74) is 4.21. The number of benzene rings is 2. The third-order valence-electron chi connectivity index (χ3n) is 3.46. The molecule has 3 heteroatoms. The van der Waals surface area contributed by atoms with Crippen LogP contribution in [0.4, 0.5) is 5.69 Å². The van der Waals surface area contributed by atoms with Gasteiger partial charge in [-0.2, -0.15) is 0 Å². The van der Waals surface area contributed by atoms with E-state index < -0.39 is 0 Å². The molecule has 116 valence electrons. The molecule has 0 aliphatic rings. The maximum absolute atomic E-state index is 5.47. The summed E-state index contributed by atoms with van der Waals surface area (Å²) in [6.45, 7) is 8.86. The second-order valence-corrected chi connectivity index (χ2v) is 5.03. The molecule has 0 fully saturated rings. The maximum atomic E-state index is 5.47. The minimum Gasteiger partial charge on any atom is -0.497 e. The average molecular weight is 297 g/mol. The number of nitrogens with one attached hydrogen (secondary N) is 1. The van der Waals surface area contributed by atoms with Gasteiger partial charge in [-0.25, -0.2) is 0 Å². The van der Waals surface area contributed by atoms with Gasteiger partial charge in [0.05, 0.1) is 7.11 Å². The first-order valence-electron chi connectivity index (χ1n) is 7.46. The SMILES string of the molecule is C=C(c1ccc(NC(C)OCC)cc1)c1ccc(OC)cc1. The van der Waals surface area contributed by atoms with Crippen LogP contribution in [0.3, 0.4) is 0 Å². The van der Waals surface area contributed by atoms with E-state index in [9.17, 15) is 0 Å². The first kappa shape index (κ1) is 16.1. The van der Waals surface area contributed by atoms with E-state index in [2.05, 4.69) is 24.0 Å². The summed E-state index contributed by atoms with van der Waals surface area (Å²) in [5.74, 6) is 0.848. The van der Waals surface area contributed by atoms with E-state index in [1.165, 1.54) is 0 Å². The Morgan fingerprint density at radius 2 is 1.59 bits per heavy atom. The lowest BCUT2D eigenvalue weighted by Gasteiger charge is -2.15. The molecule has 0 bridgehead atoms. The van der Waals surface area contributed by atoms with E-state index in [-0.39, 0.29) is 6.23 Å². The third-order valence-corrected chi connectivity index (χ3v) is 3.46. The van der Waals surface area contributed by atoms with E-state index >= 15 is 0 Å². The van der Waals surface area contributed by atoms with Crippen LogP contribution in [0.25, 0.3) is 5.57 Å². The van der Waals surface area contributed by atoms with Gasteiger partial charge >= 0.3 is 0 Å². The van der Waals surface area contributed by atoms with Crippen LogP contribution in [-0.4, -0.2) is 19.9 Å². The van der Waals surface area contributed by atoms with Crippen LogP contribution in [0, 0.1) is 0 Å². The van der Waals surface area contributed by atoms with Crippen molar-refractivity contribution in [2.75, 3.05) is 19.0 Å². The molecule has 0 aliphatic heterocycles. The second kappa shape index (κ2) is 7.66. The van der Waals surface area contributed by atoms with Gasteiger partial charge in [0.1, 0.15) is 12.0 Å². The lowest BCUT2D eigenvalue weighted by molar-refractivity contribution is 0.0961. The summed E-state index contributed by atoms with van der Waals surface area (Å²) in [5, 5.41) is 3.30. The second-order valence-electron chi connectivity index (χ2n) is 5.03. The van der Waals surface area contributed by atoms with Crippen LogP contribution in [0.5, 0.6) is 5.75 Å². The number of methoxy groups -OCH3 is 1. The van der Waals surface area contributed by atoms with Crippen molar-refractivity contribution in [3.8, 4) is 5.75 Å². The van der Waals surface area contributed by atoms with Gasteiger partial charge in [0.25, 0.3) is 0 Å². The van der Waals surface area contributed by atoms with Crippen molar-refractivity contribution in [2.45, 2.75) is 20.1 Å². The summed E-state index contributed by atoms with van der Waals surface area (Å²) in [4.78, 5) is 0. The molecule has 0 spiro atoms. The highest BCUT2D eigenvalue weighted by Gasteiger charge is 2.04. The quantitative estimate of drug-likeness (QED) is 0.760. The van der Waals surface area contributed by atoms with Crippen molar-refractivity contribution in [3.63, 3.8) is 0 Å². The Kier molecular flexibility index (Phi) is 5.61. The molecule has 0 saturated carbocycles. The number of ether oxygens (including phenoxy) is 2. The van der Waals surface area contributed by atoms with Crippen molar-refractivity contribution in [3.05, 3.63) is 66.2 Å². The van der Waals surface area contributed by atoms with Gasteiger partial charge in [-0.3, -0.25) is 0 Å². The topological polar surface area (TPSA) is 30.5 Å². The Labute approximate surface area is 132 Å². The Bertz CT molecular complexity index is 602. The first-order chi connectivity index (χ1) is 10.6. The van der Waals surface area contributed by atoms with E-state index in [4.69, 9.17) is 9.47 Å². The van der Waals surface area contributed by atoms with Crippen molar-refractivity contribution in [1.29, 1.82) is 0 Å². The molecule has 0 amide bonds. The summed E-state index contributed by atoms with van der Waals surface area (Å²) < 4.78 is 10.7. The molecule has 1 N–H and O–H groups in total. The van der Waals surface area contributed by atoms with Gasteiger partial charge in [0, 0.05) is 12.3 Å². The highest BCUT2D eigenvalue weighted by Crippen LogP contribution is 2.24. The molecule has 3 nitrogen and oxygen atoms in total. The Balaban J connectivity index is 2.07. The zero-order valence-corrected chi connectivity index (χ0v) is 13.4. The minimum absolute atomic E-state index is 0.000592. The van der Waals surface area contributed by atoms with Gasteiger partial charge in [0.15, 0.2) is 0 Å². The fourth-order valence-electron chi connectivity index (χ4n) is 2.25. The van der Waals surface area contributed by atoms with Crippen LogP contribution in [-0.2, 0) is 4.74 Å². The molecule has 0 saturated heterocycles. The number of anilines is 1. The average Bonchev–Trinajstić information content (AvgIpc) is 2.55. The highest BCUT2D eigenvalue weighted by atomic mass is 16.5. The molecule has 22 heavy (non-hydrogen) atoms. The smallest absolute Gasteiger partial charge is 0.124 e. The lowest BCUT2D eigenvalue weighted by Crippen LogP contribution is -2.18. The number of hydrogen-bond donors (Lipinski definition) is 1. The molecule has 1 atom stereocenters. The molecule has 2 rings (SSSR count). The van der Waals surface area contributed by atoms with Gasteiger partial charge in [-0.15, -0.1) is 0 Å². The largest absolute Gasteiger partial charge is 0.497 e. The van der Waals surface area contributed by atoms with Crippen LogP contribution in [0.15, 0.2) is 55.1 Å². The molecule has 0 aliphatic carbocycles. The summed E-state index contributed by atoms with van der Waals surface area (Å²) in [7, 11) is 1.67. The monoisotopic (exact) mass is 297 g/mol. The molecule has 0 heterocycles. The molecular weight excluding hydrogens is 274 g/mol. The lowest BCUT2D eigenvalue weighted by atomic mass is 9.99. The third kappa shape index (κ3) is 4.12. The predicted octanol–water partition coefficient (Wildman–Crippen LogP) is 4.55. The van der Waals surface area contributed by atoms with Crippen molar-refractivity contribution < 1.29 is 9.47 Å². The van der Waals surface area contributed by atoms with Crippen molar-refractivity contribution in [1.82, 2.24) is 0 Å². The van der Waals surface area contributed by atoms with E-state index in [0.29, 0.717) is 6.61 Å². The summed E-state index contributed by atoms with van der Waals surface area (Å²) in [6, 6.07) is 16.1. The van der Waals surface area contributed by atoms with E-state index in [1.54, 1.807) is 7.11 Å². The maximum Gasteiger partial charge on any atom is 0.124 e. The predicted molar refractivity (Wildman–Crippen MR) is 92.3 cm³/mol. The fourth-order valence-corrected chi connectivity index (χ4v) is 2.25. The van der Waals surface area contributed by atoms with Gasteiger partial charge in [-0.1, -0.05) is 30.8 Å². The Morgan fingerprint density at radius 3 is 2.09 bits per heavy atom.